The lowest BCUT2D eigenvalue weighted by Crippen LogP contribution is -2.07. The van der Waals surface area contributed by atoms with Crippen LogP contribution in [0.3, 0.4) is 0 Å². The van der Waals surface area contributed by atoms with Crippen LogP contribution in [0.4, 0.5) is 0 Å². The Hall–Kier alpha value is -1.98. The van der Waals surface area contributed by atoms with Gasteiger partial charge in [0.2, 0.25) is 0 Å². The van der Waals surface area contributed by atoms with E-state index in [0.29, 0.717) is 22.6 Å². The summed E-state index contributed by atoms with van der Waals surface area (Å²) in [5.74, 6) is 1.38. The van der Waals surface area contributed by atoms with Crippen LogP contribution in [0.5, 0.6) is 5.75 Å². The van der Waals surface area contributed by atoms with E-state index in [1.165, 1.54) is 0 Å². The van der Waals surface area contributed by atoms with Crippen molar-refractivity contribution in [3.05, 3.63) is 65.4 Å². The normalized spacial score (nSPS) is 11.0. The third-order valence-electron chi connectivity index (χ3n) is 3.25. The van der Waals surface area contributed by atoms with Gasteiger partial charge in [-0.15, -0.1) is 10.2 Å². The summed E-state index contributed by atoms with van der Waals surface area (Å²) in [7, 11) is 0. The van der Waals surface area contributed by atoms with Crippen molar-refractivity contribution in [3.8, 4) is 11.4 Å². The lowest BCUT2D eigenvalue weighted by atomic mass is 10.3. The molecule has 0 aliphatic rings. The fourth-order valence-electron chi connectivity index (χ4n) is 2.22. The summed E-state index contributed by atoms with van der Waals surface area (Å²) in [6.45, 7) is 4.56. The zero-order valence-corrected chi connectivity index (χ0v) is 15.1. The first-order chi connectivity index (χ1) is 11.6. The third-order valence-corrected chi connectivity index (χ3v) is 4.51. The molecule has 0 atom stereocenters. The quantitative estimate of drug-likeness (QED) is 0.580. The summed E-state index contributed by atoms with van der Waals surface area (Å²) in [5, 5.41) is 10.5. The van der Waals surface area contributed by atoms with Crippen molar-refractivity contribution in [1.29, 1.82) is 0 Å². The first-order valence-electron chi connectivity index (χ1n) is 7.69. The first-order valence-corrected chi connectivity index (χ1v) is 8.94. The van der Waals surface area contributed by atoms with Gasteiger partial charge in [0.05, 0.1) is 5.02 Å². The molecule has 2 aromatic carbocycles. The van der Waals surface area contributed by atoms with Gasteiger partial charge in [0.1, 0.15) is 12.4 Å². The molecule has 0 bridgehead atoms. The fourth-order valence-corrected chi connectivity index (χ4v) is 3.24. The molecular weight excluding hydrogens is 342 g/mol. The van der Waals surface area contributed by atoms with E-state index in [0.717, 1.165) is 16.7 Å². The molecule has 1 aromatic heterocycles. The molecule has 0 aliphatic carbocycles. The minimum absolute atomic E-state index is 0.296. The molecule has 124 valence electrons. The van der Waals surface area contributed by atoms with Crippen LogP contribution in [0.25, 0.3) is 5.69 Å². The number of para-hydroxylation sites is 2. The van der Waals surface area contributed by atoms with Gasteiger partial charge >= 0.3 is 0 Å². The number of nitrogens with zero attached hydrogens (tertiary/aromatic N) is 3. The number of thioether (sulfide) groups is 1. The molecule has 0 amide bonds. The Balaban J connectivity index is 1.90. The lowest BCUT2D eigenvalue weighted by molar-refractivity contribution is 0.293. The Morgan fingerprint density at radius 1 is 1.04 bits per heavy atom. The van der Waals surface area contributed by atoms with Gasteiger partial charge in [-0.2, -0.15) is 0 Å². The van der Waals surface area contributed by atoms with Crippen molar-refractivity contribution in [2.24, 2.45) is 0 Å². The van der Waals surface area contributed by atoms with Crippen molar-refractivity contribution < 1.29 is 4.74 Å². The van der Waals surface area contributed by atoms with E-state index in [9.17, 15) is 0 Å². The van der Waals surface area contributed by atoms with Gasteiger partial charge in [-0.05, 0) is 24.3 Å². The zero-order valence-electron chi connectivity index (χ0n) is 13.5. The van der Waals surface area contributed by atoms with E-state index in [1.807, 2.05) is 53.1 Å². The minimum Gasteiger partial charge on any atom is -0.484 e. The molecule has 6 heteroatoms. The van der Waals surface area contributed by atoms with Gasteiger partial charge in [0.25, 0.3) is 0 Å². The predicted molar refractivity (Wildman–Crippen MR) is 98.1 cm³/mol. The van der Waals surface area contributed by atoms with Gasteiger partial charge in [0, 0.05) is 10.9 Å². The number of hydrogen-bond donors (Lipinski definition) is 0. The maximum Gasteiger partial charge on any atom is 0.196 e. The van der Waals surface area contributed by atoms with Crippen LogP contribution in [0.1, 0.15) is 19.7 Å². The van der Waals surface area contributed by atoms with Gasteiger partial charge < -0.3 is 4.74 Å². The summed E-state index contributed by atoms with van der Waals surface area (Å²) >= 11 is 7.82. The number of benzene rings is 2. The highest BCUT2D eigenvalue weighted by atomic mass is 35.5. The van der Waals surface area contributed by atoms with Crippen LogP contribution in [0.2, 0.25) is 5.02 Å². The van der Waals surface area contributed by atoms with Gasteiger partial charge in [-0.1, -0.05) is 67.5 Å². The Kier molecular flexibility index (Phi) is 5.43. The molecule has 0 fully saturated rings. The highest BCUT2D eigenvalue weighted by Crippen LogP contribution is 2.27. The summed E-state index contributed by atoms with van der Waals surface area (Å²) < 4.78 is 7.87. The van der Waals surface area contributed by atoms with Crippen LogP contribution >= 0.6 is 23.4 Å². The monoisotopic (exact) mass is 359 g/mol. The van der Waals surface area contributed by atoms with Crippen LogP contribution in [-0.2, 0) is 6.61 Å². The summed E-state index contributed by atoms with van der Waals surface area (Å²) in [6, 6.07) is 17.5. The molecule has 4 nitrogen and oxygen atoms in total. The van der Waals surface area contributed by atoms with Crippen molar-refractivity contribution in [2.45, 2.75) is 30.9 Å². The minimum atomic E-state index is 0.296. The molecule has 1 heterocycles. The van der Waals surface area contributed by atoms with E-state index < -0.39 is 0 Å². The number of rotatable bonds is 6. The highest BCUT2D eigenvalue weighted by molar-refractivity contribution is 7.99. The SMILES string of the molecule is CC(C)Sc1nnc(COc2ccccc2Cl)n1-c1ccccc1. The molecule has 0 radical (unpaired) electrons. The molecular formula is C18H18ClN3OS. The summed E-state index contributed by atoms with van der Waals surface area (Å²) in [6.07, 6.45) is 0. The average Bonchev–Trinajstić information content (AvgIpc) is 2.97. The predicted octanol–water partition coefficient (Wildman–Crippen LogP) is 5.00. The fraction of sp³-hybridized carbons (Fsp3) is 0.222. The maximum atomic E-state index is 6.15. The zero-order chi connectivity index (χ0) is 16.9. The van der Waals surface area contributed by atoms with E-state index in [-0.39, 0.29) is 0 Å². The van der Waals surface area contributed by atoms with Gasteiger partial charge in [-0.25, -0.2) is 0 Å². The summed E-state index contributed by atoms with van der Waals surface area (Å²) in [5.41, 5.74) is 1.02. The van der Waals surface area contributed by atoms with Crippen LogP contribution in [-0.4, -0.2) is 20.0 Å². The lowest BCUT2D eigenvalue weighted by Gasteiger charge is -2.12. The van der Waals surface area contributed by atoms with Gasteiger partial charge in [-0.3, -0.25) is 4.57 Å². The van der Waals surface area contributed by atoms with Gasteiger partial charge in [0.15, 0.2) is 11.0 Å². The molecule has 0 N–H and O–H groups in total. The van der Waals surface area contributed by atoms with Crippen molar-refractivity contribution >= 4 is 23.4 Å². The number of hydrogen-bond acceptors (Lipinski definition) is 4. The Labute approximate surface area is 150 Å². The third kappa shape index (κ3) is 3.91. The largest absolute Gasteiger partial charge is 0.484 e. The average molecular weight is 360 g/mol. The molecule has 0 spiro atoms. The molecule has 24 heavy (non-hydrogen) atoms. The molecule has 0 unspecified atom stereocenters. The topological polar surface area (TPSA) is 39.9 Å². The smallest absolute Gasteiger partial charge is 0.196 e. The Morgan fingerprint density at radius 3 is 2.46 bits per heavy atom. The van der Waals surface area contributed by atoms with Crippen molar-refractivity contribution in [2.75, 3.05) is 0 Å². The number of ether oxygens (including phenoxy) is 1. The van der Waals surface area contributed by atoms with Crippen molar-refractivity contribution in [3.63, 3.8) is 0 Å². The maximum absolute atomic E-state index is 6.15. The van der Waals surface area contributed by atoms with E-state index in [2.05, 4.69) is 24.0 Å². The van der Waals surface area contributed by atoms with E-state index in [4.69, 9.17) is 16.3 Å². The molecule has 0 saturated carbocycles. The van der Waals surface area contributed by atoms with Crippen LogP contribution in [0.15, 0.2) is 59.8 Å². The second-order valence-corrected chi connectivity index (χ2v) is 7.41. The van der Waals surface area contributed by atoms with Crippen LogP contribution < -0.4 is 4.74 Å². The second-order valence-electron chi connectivity index (χ2n) is 5.46. The van der Waals surface area contributed by atoms with E-state index >= 15 is 0 Å². The van der Waals surface area contributed by atoms with E-state index in [1.54, 1.807) is 17.8 Å². The first kappa shape index (κ1) is 16.9. The van der Waals surface area contributed by atoms with Crippen molar-refractivity contribution in [1.82, 2.24) is 14.8 Å². The molecule has 0 saturated heterocycles. The highest BCUT2D eigenvalue weighted by Gasteiger charge is 2.16. The molecule has 3 rings (SSSR count). The number of halogens is 1. The second kappa shape index (κ2) is 7.73. The Bertz CT molecular complexity index is 805. The number of aromatic nitrogens is 3. The standard InChI is InChI=1S/C18H18ClN3OS/c1-13(2)24-18-21-20-17(22(18)14-8-4-3-5-9-14)12-23-16-11-7-6-10-15(16)19/h3-11,13H,12H2,1-2H3. The Morgan fingerprint density at radius 2 is 1.75 bits per heavy atom. The molecule has 0 aliphatic heterocycles. The molecule has 3 aromatic rings. The summed E-state index contributed by atoms with van der Waals surface area (Å²) in [4.78, 5) is 0. The van der Waals surface area contributed by atoms with Crippen LogP contribution in [0, 0.1) is 0 Å².